The van der Waals surface area contributed by atoms with Crippen LogP contribution in [0.1, 0.15) is 40.0 Å². The third kappa shape index (κ3) is 1.61. The summed E-state index contributed by atoms with van der Waals surface area (Å²) in [6.07, 6.45) is 2.71. The molecule has 1 saturated carbocycles. The van der Waals surface area contributed by atoms with Crippen LogP contribution in [0.4, 0.5) is 0 Å². The molecule has 0 spiro atoms. The van der Waals surface area contributed by atoms with Crippen molar-refractivity contribution in [1.29, 1.82) is 10.5 Å². The molecule has 1 fully saturated rings. The molecule has 0 unspecified atom stereocenters. The molecule has 114 valence electrons. The Labute approximate surface area is 125 Å². The van der Waals surface area contributed by atoms with Gasteiger partial charge in [0, 0.05) is 5.92 Å². The predicted octanol–water partition coefficient (Wildman–Crippen LogP) is 0.00456. The summed E-state index contributed by atoms with van der Waals surface area (Å²) in [5.74, 6) is -1.17. The molecule has 2 aliphatic rings. The first-order chi connectivity index (χ1) is 10.1. The van der Waals surface area contributed by atoms with E-state index >= 15 is 0 Å². The lowest BCUT2D eigenvalue weighted by Crippen LogP contribution is -2.91. The van der Waals surface area contributed by atoms with Gasteiger partial charge in [0.25, 0.3) is 5.84 Å². The standard InChI is InChI=1S/C15H22N4O2/c1-4-7-8-11-13(9-16)12(18)19-15(20-5-2,21-6-3)14(11,13)10-17/h11H,4-8H2,1-3H3,(H2,18,19)/p+1/t11-,13-,14-/m1/s1. The SMILES string of the molecule is CCCC[C@@H]1[C@]2(C#N)C(N)=[NH+]C(OCC)(OCC)[C@]12C#N. The van der Waals surface area contributed by atoms with Crippen molar-refractivity contribution in [3.8, 4) is 12.1 Å². The number of fused-ring (bicyclic) bond motifs is 1. The van der Waals surface area contributed by atoms with E-state index in [1.165, 1.54) is 0 Å². The normalized spacial score (nSPS) is 35.5. The second-order valence-electron chi connectivity index (χ2n) is 5.56. The molecule has 0 aromatic carbocycles. The highest BCUT2D eigenvalue weighted by Crippen LogP contribution is 2.75. The summed E-state index contributed by atoms with van der Waals surface area (Å²) in [5, 5.41) is 19.6. The van der Waals surface area contributed by atoms with E-state index in [1.54, 1.807) is 0 Å². The van der Waals surface area contributed by atoms with Crippen LogP contribution in [0.5, 0.6) is 0 Å². The van der Waals surface area contributed by atoms with E-state index in [4.69, 9.17) is 15.2 Å². The molecule has 0 aromatic rings. The van der Waals surface area contributed by atoms with Crippen LogP contribution in [0.15, 0.2) is 0 Å². The highest BCUT2D eigenvalue weighted by molar-refractivity contribution is 5.93. The second kappa shape index (κ2) is 5.29. The van der Waals surface area contributed by atoms with E-state index in [2.05, 4.69) is 24.1 Å². The van der Waals surface area contributed by atoms with E-state index in [1.807, 2.05) is 13.8 Å². The number of amidine groups is 1. The number of rotatable bonds is 7. The molecule has 6 heteroatoms. The minimum atomic E-state index is -1.32. The lowest BCUT2D eigenvalue weighted by atomic mass is 9.93. The average Bonchev–Trinajstić information content (AvgIpc) is 3.02. The molecular weight excluding hydrogens is 268 g/mol. The molecule has 0 bridgehead atoms. The number of nitrogens with two attached hydrogens (primary N) is 1. The largest absolute Gasteiger partial charge is 0.342 e. The van der Waals surface area contributed by atoms with Gasteiger partial charge in [0.15, 0.2) is 10.8 Å². The fraction of sp³-hybridized carbons (Fsp3) is 0.800. The van der Waals surface area contributed by atoms with Gasteiger partial charge < -0.3 is 9.47 Å². The number of nitrogens with zero attached hydrogens (tertiary/aromatic N) is 2. The van der Waals surface area contributed by atoms with E-state index in [9.17, 15) is 10.5 Å². The van der Waals surface area contributed by atoms with Crippen molar-refractivity contribution >= 4 is 5.84 Å². The van der Waals surface area contributed by atoms with E-state index in [0.717, 1.165) is 19.3 Å². The molecule has 6 nitrogen and oxygen atoms in total. The molecule has 1 aliphatic heterocycles. The van der Waals surface area contributed by atoms with Gasteiger partial charge in [-0.05, 0) is 20.3 Å². The Hall–Kier alpha value is -1.63. The number of nitriles is 2. The lowest BCUT2D eigenvalue weighted by Gasteiger charge is -2.29. The number of hydrogen-bond acceptors (Lipinski definition) is 5. The summed E-state index contributed by atoms with van der Waals surface area (Å²) in [5.41, 5.74) is 4.01. The minimum absolute atomic E-state index is 0.153. The van der Waals surface area contributed by atoms with Crippen molar-refractivity contribution in [3.05, 3.63) is 0 Å². The zero-order chi connectivity index (χ0) is 15.7. The first-order valence-corrected chi connectivity index (χ1v) is 7.58. The van der Waals surface area contributed by atoms with Gasteiger partial charge in [-0.1, -0.05) is 19.8 Å². The van der Waals surface area contributed by atoms with Crippen molar-refractivity contribution in [3.63, 3.8) is 0 Å². The van der Waals surface area contributed by atoms with Gasteiger partial charge in [0.2, 0.25) is 0 Å². The Morgan fingerprint density at radius 1 is 1.19 bits per heavy atom. The molecule has 0 amide bonds. The minimum Gasteiger partial charge on any atom is -0.314 e. The van der Waals surface area contributed by atoms with E-state index in [0.29, 0.717) is 19.0 Å². The van der Waals surface area contributed by atoms with Crippen LogP contribution in [0.25, 0.3) is 0 Å². The summed E-state index contributed by atoms with van der Waals surface area (Å²) >= 11 is 0. The fourth-order valence-electron chi connectivity index (χ4n) is 3.87. The van der Waals surface area contributed by atoms with Gasteiger partial charge in [-0.15, -0.1) is 0 Å². The van der Waals surface area contributed by atoms with Crippen LogP contribution in [0.3, 0.4) is 0 Å². The van der Waals surface area contributed by atoms with Crippen LogP contribution < -0.4 is 10.7 Å². The molecule has 0 radical (unpaired) electrons. The maximum atomic E-state index is 9.87. The first kappa shape index (κ1) is 15.8. The van der Waals surface area contributed by atoms with Crippen LogP contribution in [0, 0.1) is 39.4 Å². The van der Waals surface area contributed by atoms with Crippen LogP contribution in [0.2, 0.25) is 0 Å². The Morgan fingerprint density at radius 3 is 2.24 bits per heavy atom. The van der Waals surface area contributed by atoms with E-state index in [-0.39, 0.29) is 5.92 Å². The molecule has 1 heterocycles. The summed E-state index contributed by atoms with van der Waals surface area (Å²) in [6.45, 7) is 6.48. The summed E-state index contributed by atoms with van der Waals surface area (Å²) < 4.78 is 11.6. The molecule has 3 atom stereocenters. The van der Waals surface area contributed by atoms with Gasteiger partial charge in [-0.25, -0.2) is 4.99 Å². The highest BCUT2D eigenvalue weighted by Gasteiger charge is 2.96. The number of nitrogens with one attached hydrogen (secondary N) is 1. The van der Waals surface area contributed by atoms with Gasteiger partial charge in [0.05, 0.1) is 25.4 Å². The maximum Gasteiger partial charge on any atom is 0.342 e. The number of hydrogen-bond donors (Lipinski definition) is 2. The highest BCUT2D eigenvalue weighted by atomic mass is 16.7. The van der Waals surface area contributed by atoms with Crippen molar-refractivity contribution < 1.29 is 14.5 Å². The molecule has 0 saturated heterocycles. The summed E-state index contributed by atoms with van der Waals surface area (Å²) in [6, 6.07) is 4.60. The molecule has 21 heavy (non-hydrogen) atoms. The maximum absolute atomic E-state index is 9.87. The summed E-state index contributed by atoms with van der Waals surface area (Å²) in [4.78, 5) is 2.96. The van der Waals surface area contributed by atoms with E-state index < -0.39 is 16.7 Å². The van der Waals surface area contributed by atoms with Crippen molar-refractivity contribution in [2.24, 2.45) is 22.5 Å². The Kier molecular flexibility index (Phi) is 3.97. The first-order valence-electron chi connectivity index (χ1n) is 7.58. The fourth-order valence-corrected chi connectivity index (χ4v) is 3.87. The zero-order valence-electron chi connectivity index (χ0n) is 12.9. The van der Waals surface area contributed by atoms with Gasteiger partial charge in [0.1, 0.15) is 0 Å². The monoisotopic (exact) mass is 291 g/mol. The van der Waals surface area contributed by atoms with Gasteiger partial charge >= 0.3 is 5.91 Å². The second-order valence-corrected chi connectivity index (χ2v) is 5.56. The molecule has 1 aliphatic carbocycles. The topological polar surface area (TPSA) is 106 Å². The number of unbranched alkanes of at least 4 members (excludes halogenated alkanes) is 1. The van der Waals surface area contributed by atoms with Gasteiger partial charge in [-0.3, -0.25) is 5.73 Å². The van der Waals surface area contributed by atoms with Crippen molar-refractivity contribution in [2.45, 2.75) is 45.9 Å². The Morgan fingerprint density at radius 2 is 1.81 bits per heavy atom. The lowest BCUT2D eigenvalue weighted by molar-refractivity contribution is -0.693. The zero-order valence-corrected chi connectivity index (χ0v) is 12.9. The third-order valence-electron chi connectivity index (χ3n) is 4.72. The quantitative estimate of drug-likeness (QED) is 0.642. The summed E-state index contributed by atoms with van der Waals surface area (Å²) in [7, 11) is 0. The van der Waals surface area contributed by atoms with Gasteiger partial charge in [-0.2, -0.15) is 10.5 Å². The predicted molar refractivity (Wildman–Crippen MR) is 75.2 cm³/mol. The Balaban J connectivity index is 2.51. The third-order valence-corrected chi connectivity index (χ3v) is 4.72. The smallest absolute Gasteiger partial charge is 0.314 e. The molecule has 0 aromatic heterocycles. The molecule has 3 N–H and O–H groups in total. The van der Waals surface area contributed by atoms with Crippen molar-refractivity contribution in [2.75, 3.05) is 13.2 Å². The Bertz CT molecular complexity index is 527. The molecule has 2 rings (SSSR count). The van der Waals surface area contributed by atoms with Crippen molar-refractivity contribution in [1.82, 2.24) is 0 Å². The van der Waals surface area contributed by atoms with Crippen LogP contribution in [-0.4, -0.2) is 25.0 Å². The van der Waals surface area contributed by atoms with Crippen LogP contribution in [-0.2, 0) is 9.47 Å². The number of ether oxygens (including phenoxy) is 2. The average molecular weight is 291 g/mol. The molecular formula is C15H23N4O2+. The van der Waals surface area contributed by atoms with Crippen LogP contribution >= 0.6 is 0 Å².